The lowest BCUT2D eigenvalue weighted by molar-refractivity contribution is 0.314. The maximum Gasteiger partial charge on any atom is 0.276 e. The molecule has 24 heavy (non-hydrogen) atoms. The maximum absolute atomic E-state index is 13.8. The van der Waals surface area contributed by atoms with Crippen molar-refractivity contribution in [1.82, 2.24) is 4.83 Å². The number of ether oxygens (including phenoxy) is 1. The van der Waals surface area contributed by atoms with Crippen LogP contribution in [0.15, 0.2) is 46.4 Å². The lowest BCUT2D eigenvalue weighted by atomic mass is 10.2. The molecule has 2 aromatic carbocycles. The Balaban J connectivity index is 2.17. The van der Waals surface area contributed by atoms with Crippen LogP contribution in [0.3, 0.4) is 0 Å². The predicted molar refractivity (Wildman–Crippen MR) is 86.6 cm³/mol. The summed E-state index contributed by atoms with van der Waals surface area (Å²) in [6, 6.07) is 8.61. The van der Waals surface area contributed by atoms with E-state index in [1.54, 1.807) is 19.1 Å². The first-order valence-electron chi connectivity index (χ1n) is 7.07. The van der Waals surface area contributed by atoms with E-state index >= 15 is 0 Å². The minimum absolute atomic E-state index is 0.0172. The molecule has 0 atom stereocenters. The third-order valence-electron chi connectivity index (χ3n) is 3.08. The zero-order chi connectivity index (χ0) is 17.7. The van der Waals surface area contributed by atoms with Crippen LogP contribution in [0, 0.1) is 18.6 Å². The molecular weight excluding hydrogens is 338 g/mol. The summed E-state index contributed by atoms with van der Waals surface area (Å²) in [5.41, 5.74) is 0.701. The van der Waals surface area contributed by atoms with Gasteiger partial charge in [0.2, 0.25) is 5.82 Å². The van der Waals surface area contributed by atoms with Gasteiger partial charge in [0, 0.05) is 5.56 Å². The molecule has 0 aliphatic heterocycles. The summed E-state index contributed by atoms with van der Waals surface area (Å²) < 4.78 is 56.5. The Labute approximate surface area is 139 Å². The molecule has 1 N–H and O–H groups in total. The lowest BCUT2D eigenvalue weighted by Crippen LogP contribution is -2.18. The summed E-state index contributed by atoms with van der Waals surface area (Å²) >= 11 is 0. The van der Waals surface area contributed by atoms with E-state index in [0.717, 1.165) is 11.8 Å². The van der Waals surface area contributed by atoms with Crippen molar-refractivity contribution in [2.24, 2.45) is 5.10 Å². The fourth-order valence-electron chi connectivity index (χ4n) is 1.85. The van der Waals surface area contributed by atoms with Gasteiger partial charge in [-0.15, -0.1) is 0 Å². The highest BCUT2D eigenvalue weighted by atomic mass is 32.2. The molecule has 0 spiro atoms. The number of halogens is 2. The van der Waals surface area contributed by atoms with Crippen molar-refractivity contribution >= 4 is 16.2 Å². The van der Waals surface area contributed by atoms with Crippen LogP contribution < -0.4 is 9.57 Å². The van der Waals surface area contributed by atoms with Gasteiger partial charge in [-0.1, -0.05) is 17.7 Å². The second-order valence-corrected chi connectivity index (χ2v) is 6.54. The maximum atomic E-state index is 13.8. The molecule has 0 unspecified atom stereocenters. The Bertz CT molecular complexity index is 850. The zero-order valence-electron chi connectivity index (χ0n) is 13.1. The van der Waals surface area contributed by atoms with E-state index in [2.05, 4.69) is 5.10 Å². The third-order valence-corrected chi connectivity index (χ3v) is 4.32. The Hall–Kier alpha value is -2.48. The van der Waals surface area contributed by atoms with Gasteiger partial charge in [-0.25, -0.2) is 9.22 Å². The van der Waals surface area contributed by atoms with Gasteiger partial charge in [0.15, 0.2) is 11.6 Å². The first-order chi connectivity index (χ1) is 11.3. The van der Waals surface area contributed by atoms with Gasteiger partial charge in [0.1, 0.15) is 0 Å². The van der Waals surface area contributed by atoms with Gasteiger partial charge >= 0.3 is 0 Å². The Morgan fingerprint density at radius 2 is 1.79 bits per heavy atom. The van der Waals surface area contributed by atoms with Crippen LogP contribution in [0.5, 0.6) is 5.75 Å². The number of nitrogens with one attached hydrogen (secondary N) is 1. The monoisotopic (exact) mass is 354 g/mol. The molecule has 0 bridgehead atoms. The molecule has 0 heterocycles. The minimum atomic E-state index is -3.88. The molecule has 5 nitrogen and oxygen atoms in total. The number of hydrazone groups is 1. The summed E-state index contributed by atoms with van der Waals surface area (Å²) in [6.45, 7) is 3.66. The highest BCUT2D eigenvalue weighted by Crippen LogP contribution is 2.21. The number of nitrogens with zero attached hydrogens (tertiary/aromatic N) is 1. The summed E-state index contributed by atoms with van der Waals surface area (Å²) in [7, 11) is -3.88. The molecule has 2 rings (SSSR count). The quantitative estimate of drug-likeness (QED) is 0.641. The van der Waals surface area contributed by atoms with E-state index in [4.69, 9.17) is 4.74 Å². The second kappa shape index (κ2) is 7.39. The van der Waals surface area contributed by atoms with E-state index in [0.29, 0.717) is 0 Å². The van der Waals surface area contributed by atoms with Crippen molar-refractivity contribution in [3.63, 3.8) is 0 Å². The van der Waals surface area contributed by atoms with Crippen LogP contribution >= 0.6 is 0 Å². The zero-order valence-corrected chi connectivity index (χ0v) is 13.9. The van der Waals surface area contributed by atoms with E-state index in [1.165, 1.54) is 24.3 Å². The average Bonchev–Trinajstić information content (AvgIpc) is 2.54. The largest absolute Gasteiger partial charge is 0.491 e. The SMILES string of the molecule is CCOc1ccc(/C=N/NS(=O)(=O)c2ccc(C)cc2)c(F)c1F. The van der Waals surface area contributed by atoms with Gasteiger partial charge in [-0.2, -0.15) is 17.9 Å². The van der Waals surface area contributed by atoms with Gasteiger partial charge in [-0.3, -0.25) is 0 Å². The van der Waals surface area contributed by atoms with Crippen molar-refractivity contribution in [3.8, 4) is 5.75 Å². The molecule has 0 aliphatic rings. The molecular formula is C16H16F2N2O3S. The van der Waals surface area contributed by atoms with E-state index in [1.807, 2.05) is 11.8 Å². The number of rotatable bonds is 6. The van der Waals surface area contributed by atoms with Crippen LogP contribution in [0.1, 0.15) is 18.1 Å². The molecule has 0 amide bonds. The number of hydrogen-bond donors (Lipinski definition) is 1. The van der Waals surface area contributed by atoms with Gasteiger partial charge in [0.05, 0.1) is 17.7 Å². The summed E-state index contributed by atoms with van der Waals surface area (Å²) in [4.78, 5) is 1.97. The minimum Gasteiger partial charge on any atom is -0.491 e. The smallest absolute Gasteiger partial charge is 0.276 e. The topological polar surface area (TPSA) is 67.8 Å². The highest BCUT2D eigenvalue weighted by Gasteiger charge is 2.14. The number of sulfonamides is 1. The summed E-state index contributed by atoms with van der Waals surface area (Å²) in [5, 5.41) is 3.48. The first kappa shape index (κ1) is 17.9. The standard InChI is InChI=1S/C16H16F2N2O3S/c1-3-23-14-9-6-12(15(17)16(14)18)10-19-20-24(21,22)13-7-4-11(2)5-8-13/h4-10,20H,3H2,1-2H3/b19-10+. The molecule has 0 saturated carbocycles. The van der Waals surface area contributed by atoms with E-state index in [-0.39, 0.29) is 22.8 Å². The normalized spacial score (nSPS) is 11.7. The summed E-state index contributed by atoms with van der Waals surface area (Å²) in [6.07, 6.45) is 0.889. The van der Waals surface area contributed by atoms with Crippen LogP contribution in [0.2, 0.25) is 0 Å². The summed E-state index contributed by atoms with van der Waals surface area (Å²) in [5.74, 6) is -2.53. The molecule has 128 valence electrons. The van der Waals surface area contributed by atoms with E-state index in [9.17, 15) is 17.2 Å². The van der Waals surface area contributed by atoms with Crippen LogP contribution in [0.4, 0.5) is 8.78 Å². The van der Waals surface area contributed by atoms with Crippen molar-refractivity contribution < 1.29 is 21.9 Å². The second-order valence-electron chi connectivity index (χ2n) is 4.88. The fraction of sp³-hybridized carbons (Fsp3) is 0.188. The van der Waals surface area contributed by atoms with Crippen LogP contribution in [-0.4, -0.2) is 21.2 Å². The lowest BCUT2D eigenvalue weighted by Gasteiger charge is -2.06. The number of aryl methyl sites for hydroxylation is 1. The van der Waals surface area contributed by atoms with Crippen molar-refractivity contribution in [3.05, 3.63) is 59.2 Å². The highest BCUT2D eigenvalue weighted by molar-refractivity contribution is 7.89. The molecule has 0 saturated heterocycles. The van der Waals surface area contributed by atoms with Gasteiger partial charge in [-0.05, 0) is 38.1 Å². The first-order valence-corrected chi connectivity index (χ1v) is 8.56. The van der Waals surface area contributed by atoms with Crippen LogP contribution in [0.25, 0.3) is 0 Å². The number of benzene rings is 2. The average molecular weight is 354 g/mol. The molecule has 0 radical (unpaired) electrons. The van der Waals surface area contributed by atoms with Gasteiger partial charge in [0.25, 0.3) is 10.0 Å². The van der Waals surface area contributed by atoms with Gasteiger partial charge < -0.3 is 4.74 Å². The predicted octanol–water partition coefficient (Wildman–Crippen LogP) is 2.98. The Morgan fingerprint density at radius 1 is 1.12 bits per heavy atom. The molecule has 8 heteroatoms. The Morgan fingerprint density at radius 3 is 2.42 bits per heavy atom. The van der Waals surface area contributed by atoms with Crippen LogP contribution in [-0.2, 0) is 10.0 Å². The molecule has 0 aliphatic carbocycles. The molecule has 0 aromatic heterocycles. The third kappa shape index (κ3) is 4.08. The number of hydrogen-bond acceptors (Lipinski definition) is 4. The molecule has 0 fully saturated rings. The fourth-order valence-corrected chi connectivity index (χ4v) is 2.64. The molecule has 2 aromatic rings. The van der Waals surface area contributed by atoms with Crippen molar-refractivity contribution in [2.75, 3.05) is 6.61 Å². The van der Waals surface area contributed by atoms with E-state index < -0.39 is 21.7 Å². The van der Waals surface area contributed by atoms with Crippen molar-refractivity contribution in [2.45, 2.75) is 18.7 Å². The Kier molecular flexibility index (Phi) is 5.50. The van der Waals surface area contributed by atoms with Crippen molar-refractivity contribution in [1.29, 1.82) is 0 Å².